The first-order valence-corrected chi connectivity index (χ1v) is 49.4. The number of furan rings is 1. The first-order chi connectivity index (χ1) is 70.4. The molecule has 27 rings (SSSR count). The van der Waals surface area contributed by atoms with E-state index in [0.29, 0.717) is 0 Å². The largest absolute Gasteiger partial charge is 0.456 e. The molecule has 27 aromatic rings. The minimum atomic E-state index is 0.833. The predicted molar refractivity (Wildman–Crippen MR) is 602 cm³/mol. The summed E-state index contributed by atoms with van der Waals surface area (Å²) in [6, 6.07) is 196. The van der Waals surface area contributed by atoms with Gasteiger partial charge >= 0.3 is 0 Å². The molecule has 0 saturated carbocycles. The highest BCUT2D eigenvalue weighted by molar-refractivity contribution is 7.25. The summed E-state index contributed by atoms with van der Waals surface area (Å²) in [7, 11) is 0. The first kappa shape index (κ1) is 83.0. The Morgan fingerprint density at radius 1 is 0.169 bits per heavy atom. The molecule has 0 aliphatic heterocycles. The van der Waals surface area contributed by atoms with Gasteiger partial charge in [-0.15, -0.1) is 11.3 Å². The lowest BCUT2D eigenvalue weighted by molar-refractivity contribution is 0.668. The van der Waals surface area contributed by atoms with Gasteiger partial charge in [0, 0.05) is 104 Å². The van der Waals surface area contributed by atoms with Crippen molar-refractivity contribution in [2.45, 2.75) is 0 Å². The Morgan fingerprint density at radius 2 is 0.500 bits per heavy atom. The minimum absolute atomic E-state index is 0.833. The van der Waals surface area contributed by atoms with Crippen LogP contribution in [0.4, 0.5) is 34.1 Å². The molecule has 0 aliphatic carbocycles. The molecule has 664 valence electrons. The number of aromatic nitrogens is 2. The van der Waals surface area contributed by atoms with E-state index in [9.17, 15) is 0 Å². The van der Waals surface area contributed by atoms with Crippen LogP contribution in [0, 0.1) is 0 Å². The number of hydrogen-bond donors (Lipinski definition) is 0. The van der Waals surface area contributed by atoms with Crippen LogP contribution in [0.15, 0.2) is 538 Å². The molecule has 0 N–H and O–H groups in total. The van der Waals surface area contributed by atoms with E-state index >= 15 is 0 Å². The number of benzene rings is 23. The van der Waals surface area contributed by atoms with Crippen LogP contribution in [0.2, 0.25) is 0 Å². The average Bonchev–Trinajstić information content (AvgIpc) is 1.58. The maximum atomic E-state index is 6.89. The highest BCUT2D eigenvalue weighted by atomic mass is 32.1. The summed E-state index contributed by atoms with van der Waals surface area (Å²) in [6.07, 6.45) is 0. The van der Waals surface area contributed by atoms with Crippen LogP contribution in [0.25, 0.3) is 230 Å². The average molecular weight is 1830 g/mol. The molecule has 5 nitrogen and oxygen atoms in total. The molecule has 142 heavy (non-hydrogen) atoms. The normalized spacial score (nSPS) is 11.7. The number of thiophene rings is 1. The Labute approximate surface area is 826 Å². The molecule has 0 radical (unpaired) electrons. The van der Waals surface area contributed by atoms with Gasteiger partial charge in [0.1, 0.15) is 11.2 Å². The molecular formula is C136H88N4OS. The molecule has 4 heterocycles. The molecule has 0 fully saturated rings. The minimum Gasteiger partial charge on any atom is -0.456 e. The molecule has 0 amide bonds. The van der Waals surface area contributed by atoms with Gasteiger partial charge in [0.25, 0.3) is 0 Å². The summed E-state index contributed by atoms with van der Waals surface area (Å²) in [4.78, 5) is 4.83. The molecule has 23 aromatic carbocycles. The van der Waals surface area contributed by atoms with Crippen molar-refractivity contribution in [3.63, 3.8) is 0 Å². The zero-order valence-corrected chi connectivity index (χ0v) is 78.2. The SMILES string of the molecule is c1ccc(-c2ccc(N(c3ccc(-c4ccc(-c5cccc6ccccc56)cc4)cc3)c3ccccc3-c3cccc(-c4cccc5c4c4ccccc4n5-c4ccc5c(c4)oc4ccc(-c6cccc(-c7ccc(-c8ccc(N(c9ccc(-c%10ccccc%10)cc9)c9ccccc9-c9cccc(-c%10cccc%11c%10c%10ccccc%10n%11-c%10ccc%11sc%12ccccc%12c%11c%10)c9)cc8)cc7)c6)cc45)c3)cc2)cc1. The van der Waals surface area contributed by atoms with Gasteiger partial charge in [0.05, 0.1) is 33.4 Å². The van der Waals surface area contributed by atoms with Crippen molar-refractivity contribution in [2.24, 2.45) is 0 Å². The van der Waals surface area contributed by atoms with E-state index in [1.807, 2.05) is 11.3 Å². The van der Waals surface area contributed by atoms with Crippen LogP contribution in [0.1, 0.15) is 0 Å². The second-order valence-corrected chi connectivity index (χ2v) is 38.0. The topological polar surface area (TPSA) is 29.5 Å². The van der Waals surface area contributed by atoms with Crippen molar-refractivity contribution in [3.05, 3.63) is 534 Å². The third-order valence-corrected chi connectivity index (χ3v) is 29.9. The lowest BCUT2D eigenvalue weighted by Crippen LogP contribution is -2.11. The molecule has 0 bridgehead atoms. The van der Waals surface area contributed by atoms with Gasteiger partial charge < -0.3 is 23.4 Å². The molecule has 0 spiro atoms. The standard InChI is InChI=1S/C136H88N4OS/c1-3-25-89(26-4-1)93-61-70-107(71-62-93)137(125-46-14-9-38-115(125)103-33-20-35-105(84-103)117-44-23-50-129-135(117)121-41-11-16-48-127(121)139(129)111-79-82-134-124(87-111)120-40-13-18-52-133(120)142-134)109-74-65-95(66-75-109)91-53-55-97(56-54-91)100-31-19-32-101(83-100)102-69-81-131-123(86-102)119-80-78-112(88-132(119)141-131)140-128-49-17-12-42-122(128)136-118(45-24-51-130(136)140)106-36-21-34-104(85-106)116-39-10-15-47-126(116)138(108-72-63-94(64-73-108)90-27-5-2-6-28-90)110-76-67-96(68-77-110)92-57-59-99(60-58-92)114-43-22-30-98-29-7-8-37-113(98)114/h1-88H. The maximum absolute atomic E-state index is 6.89. The first-order valence-electron chi connectivity index (χ1n) is 48.6. The monoisotopic (exact) mass is 1820 g/mol. The van der Waals surface area contributed by atoms with Crippen LogP contribution in [-0.4, -0.2) is 9.13 Å². The lowest BCUT2D eigenvalue weighted by atomic mass is 9.94. The van der Waals surface area contributed by atoms with Gasteiger partial charge in [-0.25, -0.2) is 0 Å². The smallest absolute Gasteiger partial charge is 0.137 e. The summed E-state index contributed by atoms with van der Waals surface area (Å²) < 4.78 is 14.4. The number of fused-ring (bicyclic) bond motifs is 13. The number of para-hydroxylation sites is 4. The van der Waals surface area contributed by atoms with Gasteiger partial charge in [-0.05, 0) is 274 Å². The van der Waals surface area contributed by atoms with Crippen molar-refractivity contribution >= 4 is 142 Å². The van der Waals surface area contributed by atoms with Crippen LogP contribution in [0.3, 0.4) is 0 Å². The Hall–Kier alpha value is -18.5. The molecule has 0 unspecified atom stereocenters. The molecule has 0 aliphatic rings. The van der Waals surface area contributed by atoms with Gasteiger partial charge in [0.2, 0.25) is 0 Å². The Balaban J connectivity index is 0.468. The van der Waals surface area contributed by atoms with E-state index in [1.54, 1.807) is 0 Å². The lowest BCUT2D eigenvalue weighted by Gasteiger charge is -2.28. The van der Waals surface area contributed by atoms with Gasteiger partial charge in [-0.1, -0.05) is 376 Å². The van der Waals surface area contributed by atoms with Crippen molar-refractivity contribution in [1.82, 2.24) is 9.13 Å². The van der Waals surface area contributed by atoms with Crippen LogP contribution in [0.5, 0.6) is 0 Å². The highest BCUT2D eigenvalue weighted by Gasteiger charge is 2.26. The quantitative estimate of drug-likeness (QED) is 0.0808. The number of nitrogens with zero attached hydrogens (tertiary/aromatic N) is 4. The van der Waals surface area contributed by atoms with Crippen molar-refractivity contribution in [1.29, 1.82) is 0 Å². The summed E-state index contributed by atoms with van der Waals surface area (Å²) >= 11 is 1.86. The summed E-state index contributed by atoms with van der Waals surface area (Å²) in [6.45, 7) is 0. The zero-order chi connectivity index (χ0) is 93.7. The van der Waals surface area contributed by atoms with Crippen LogP contribution in [-0.2, 0) is 0 Å². The second kappa shape index (κ2) is 35.0. The summed E-state index contributed by atoms with van der Waals surface area (Å²) in [5.41, 5.74) is 40.3. The van der Waals surface area contributed by atoms with Crippen LogP contribution < -0.4 is 9.80 Å². The molecular weight excluding hydrogens is 1740 g/mol. The van der Waals surface area contributed by atoms with Crippen LogP contribution >= 0.6 is 11.3 Å². The second-order valence-electron chi connectivity index (χ2n) is 36.9. The summed E-state index contributed by atoms with van der Waals surface area (Å²) in [5, 5.41) is 12.1. The fourth-order valence-electron chi connectivity index (χ4n) is 21.9. The number of rotatable bonds is 19. The molecule has 6 heteroatoms. The van der Waals surface area contributed by atoms with Gasteiger partial charge in [0.15, 0.2) is 0 Å². The van der Waals surface area contributed by atoms with E-state index < -0.39 is 0 Å². The fourth-order valence-corrected chi connectivity index (χ4v) is 23.0. The Kier molecular flexibility index (Phi) is 20.4. The van der Waals surface area contributed by atoms with E-state index in [0.717, 1.165) is 156 Å². The van der Waals surface area contributed by atoms with E-state index in [-0.39, 0.29) is 0 Å². The fraction of sp³-hybridized carbons (Fsp3) is 0. The Morgan fingerprint density at radius 3 is 1.03 bits per heavy atom. The van der Waals surface area contributed by atoms with Gasteiger partial charge in [-0.3, -0.25) is 0 Å². The molecule has 4 aromatic heterocycles. The highest BCUT2D eigenvalue weighted by Crippen LogP contribution is 2.50. The predicted octanol–water partition coefficient (Wildman–Crippen LogP) is 38.6. The zero-order valence-electron chi connectivity index (χ0n) is 77.4. The third kappa shape index (κ3) is 14.7. The number of anilines is 6. The van der Waals surface area contributed by atoms with Gasteiger partial charge in [-0.2, -0.15) is 0 Å². The van der Waals surface area contributed by atoms with Crippen molar-refractivity contribution in [3.8, 4) is 134 Å². The van der Waals surface area contributed by atoms with E-state index in [4.69, 9.17) is 4.42 Å². The Bertz CT molecular complexity index is 9560. The van der Waals surface area contributed by atoms with E-state index in [1.165, 1.54) is 108 Å². The van der Waals surface area contributed by atoms with E-state index in [2.05, 4.69) is 553 Å². The third-order valence-electron chi connectivity index (χ3n) is 28.8. The number of hydrogen-bond acceptors (Lipinski definition) is 4. The van der Waals surface area contributed by atoms with Crippen molar-refractivity contribution in [2.75, 3.05) is 9.80 Å². The van der Waals surface area contributed by atoms with Crippen molar-refractivity contribution < 1.29 is 4.42 Å². The maximum Gasteiger partial charge on any atom is 0.137 e. The molecule has 0 saturated heterocycles. The summed E-state index contributed by atoms with van der Waals surface area (Å²) in [5.74, 6) is 0. The molecule has 0 atom stereocenters.